The maximum Gasteiger partial charge on any atom is 0.325 e. The summed E-state index contributed by atoms with van der Waals surface area (Å²) < 4.78 is 0. The molecule has 0 bridgehead atoms. The van der Waals surface area contributed by atoms with Crippen LogP contribution in [0.2, 0.25) is 0 Å². The zero-order valence-corrected chi connectivity index (χ0v) is 14.7. The van der Waals surface area contributed by atoms with E-state index >= 15 is 0 Å². The first-order valence-electron chi connectivity index (χ1n) is 8.98. The van der Waals surface area contributed by atoms with Crippen LogP contribution in [0.5, 0.6) is 0 Å². The molecule has 0 aliphatic carbocycles. The number of carbonyl (C=O) groups is 2. The molecule has 3 rings (SSSR count). The minimum Gasteiger partial charge on any atom is -0.323 e. The second kappa shape index (κ2) is 6.40. The summed E-state index contributed by atoms with van der Waals surface area (Å²) in [5.74, 6) is 0.662. The Morgan fingerprint density at radius 1 is 1.13 bits per heavy atom. The van der Waals surface area contributed by atoms with Crippen molar-refractivity contribution in [1.29, 1.82) is 0 Å². The maximum atomic E-state index is 13.0. The molecule has 6 nitrogen and oxygen atoms in total. The number of amides is 3. The van der Waals surface area contributed by atoms with Crippen LogP contribution in [0.3, 0.4) is 0 Å². The molecule has 3 aliphatic heterocycles. The van der Waals surface area contributed by atoms with E-state index in [1.54, 1.807) is 4.90 Å². The molecule has 130 valence electrons. The van der Waals surface area contributed by atoms with Crippen molar-refractivity contribution in [2.24, 2.45) is 5.92 Å². The molecule has 0 saturated carbocycles. The first-order valence-corrected chi connectivity index (χ1v) is 8.98. The molecule has 0 aromatic rings. The van der Waals surface area contributed by atoms with E-state index in [4.69, 9.17) is 0 Å². The molecule has 0 unspecified atom stereocenters. The number of carbonyl (C=O) groups excluding carboxylic acids is 2. The van der Waals surface area contributed by atoms with E-state index in [2.05, 4.69) is 36.0 Å². The SMILES string of the molecule is CC(C)CN1CCC2(CC1)NC(=O)N(C1CCN(C)CC1)C2=O. The molecule has 0 radical (unpaired) electrons. The Hall–Kier alpha value is -1.14. The zero-order valence-electron chi connectivity index (χ0n) is 14.7. The number of nitrogens with one attached hydrogen (secondary N) is 1. The molecule has 3 saturated heterocycles. The van der Waals surface area contributed by atoms with Crippen molar-refractivity contribution >= 4 is 11.9 Å². The minimum absolute atomic E-state index is 0.0289. The quantitative estimate of drug-likeness (QED) is 0.791. The van der Waals surface area contributed by atoms with Gasteiger partial charge in [0.2, 0.25) is 0 Å². The molecular weight excluding hydrogens is 292 g/mol. The summed E-state index contributed by atoms with van der Waals surface area (Å²) in [4.78, 5) is 31.7. The number of likely N-dealkylation sites (tertiary alicyclic amines) is 2. The first kappa shape index (κ1) is 16.7. The Labute approximate surface area is 139 Å². The molecule has 0 aromatic heterocycles. The maximum absolute atomic E-state index is 13.0. The molecule has 23 heavy (non-hydrogen) atoms. The Balaban J connectivity index is 1.65. The predicted octanol–water partition coefficient (Wildman–Crippen LogP) is 1.12. The molecule has 0 aromatic carbocycles. The van der Waals surface area contributed by atoms with E-state index < -0.39 is 5.54 Å². The van der Waals surface area contributed by atoms with Gasteiger partial charge in [-0.25, -0.2) is 4.79 Å². The van der Waals surface area contributed by atoms with Gasteiger partial charge in [0, 0.05) is 25.7 Å². The van der Waals surface area contributed by atoms with Crippen LogP contribution in [-0.4, -0.2) is 78.0 Å². The number of hydrogen-bond acceptors (Lipinski definition) is 4. The fourth-order valence-electron chi connectivity index (χ4n) is 4.20. The van der Waals surface area contributed by atoms with Crippen LogP contribution >= 0.6 is 0 Å². The fourth-order valence-corrected chi connectivity index (χ4v) is 4.20. The summed E-state index contributed by atoms with van der Waals surface area (Å²) in [6.45, 7) is 9.20. The average molecular weight is 322 g/mol. The van der Waals surface area contributed by atoms with E-state index in [-0.39, 0.29) is 18.0 Å². The molecule has 1 spiro atoms. The second-order valence-corrected chi connectivity index (χ2v) is 7.92. The highest BCUT2D eigenvalue weighted by Gasteiger charge is 2.54. The van der Waals surface area contributed by atoms with Gasteiger partial charge in [0.05, 0.1) is 0 Å². The van der Waals surface area contributed by atoms with Crippen molar-refractivity contribution in [3.63, 3.8) is 0 Å². The van der Waals surface area contributed by atoms with E-state index in [1.807, 2.05) is 0 Å². The Kier molecular flexibility index (Phi) is 4.65. The zero-order chi connectivity index (χ0) is 16.6. The number of imide groups is 1. The lowest BCUT2D eigenvalue weighted by Gasteiger charge is -2.39. The predicted molar refractivity (Wildman–Crippen MR) is 89.1 cm³/mol. The monoisotopic (exact) mass is 322 g/mol. The lowest BCUT2D eigenvalue weighted by Crippen LogP contribution is -2.56. The number of urea groups is 1. The van der Waals surface area contributed by atoms with E-state index in [1.165, 1.54) is 0 Å². The lowest BCUT2D eigenvalue weighted by atomic mass is 9.86. The molecule has 1 N–H and O–H groups in total. The standard InChI is InChI=1S/C17H30N4O2/c1-13(2)12-20-10-6-17(7-11-20)15(22)21(16(23)18-17)14-4-8-19(3)9-5-14/h13-14H,4-12H2,1-3H3,(H,18,23). The highest BCUT2D eigenvalue weighted by molar-refractivity contribution is 6.07. The van der Waals surface area contributed by atoms with Gasteiger partial charge >= 0.3 is 6.03 Å². The van der Waals surface area contributed by atoms with Crippen molar-refractivity contribution in [2.45, 2.75) is 51.1 Å². The largest absolute Gasteiger partial charge is 0.325 e. The highest BCUT2D eigenvalue weighted by atomic mass is 16.2. The summed E-state index contributed by atoms with van der Waals surface area (Å²) in [6.07, 6.45) is 3.28. The normalized spacial score (nSPS) is 27.2. The summed E-state index contributed by atoms with van der Waals surface area (Å²) in [5.41, 5.74) is -0.631. The van der Waals surface area contributed by atoms with Gasteiger partial charge in [-0.2, -0.15) is 0 Å². The van der Waals surface area contributed by atoms with Gasteiger partial charge in [0.1, 0.15) is 5.54 Å². The van der Waals surface area contributed by atoms with Gasteiger partial charge in [-0.15, -0.1) is 0 Å². The van der Waals surface area contributed by atoms with Crippen LogP contribution in [0.1, 0.15) is 39.5 Å². The Morgan fingerprint density at radius 3 is 2.30 bits per heavy atom. The van der Waals surface area contributed by atoms with Crippen molar-refractivity contribution in [3.05, 3.63) is 0 Å². The third kappa shape index (κ3) is 3.24. The topological polar surface area (TPSA) is 55.9 Å². The van der Waals surface area contributed by atoms with Crippen LogP contribution < -0.4 is 5.32 Å². The second-order valence-electron chi connectivity index (χ2n) is 7.92. The fraction of sp³-hybridized carbons (Fsp3) is 0.882. The van der Waals surface area contributed by atoms with Crippen molar-refractivity contribution in [2.75, 3.05) is 39.8 Å². The number of hydrogen-bond donors (Lipinski definition) is 1. The number of rotatable bonds is 3. The number of piperidine rings is 2. The Bertz CT molecular complexity index is 463. The lowest BCUT2D eigenvalue weighted by molar-refractivity contribution is -0.135. The smallest absolute Gasteiger partial charge is 0.323 e. The van der Waals surface area contributed by atoms with Gasteiger partial charge < -0.3 is 15.1 Å². The Morgan fingerprint density at radius 2 is 1.74 bits per heavy atom. The molecule has 3 aliphatic rings. The highest BCUT2D eigenvalue weighted by Crippen LogP contribution is 2.32. The van der Waals surface area contributed by atoms with Crippen LogP contribution in [0.15, 0.2) is 0 Å². The average Bonchev–Trinajstić information content (AvgIpc) is 2.74. The van der Waals surface area contributed by atoms with Gasteiger partial charge in [-0.3, -0.25) is 9.69 Å². The van der Waals surface area contributed by atoms with Crippen LogP contribution in [-0.2, 0) is 4.79 Å². The summed E-state index contributed by atoms with van der Waals surface area (Å²) in [6, 6.07) is -0.0892. The van der Waals surface area contributed by atoms with Crippen LogP contribution in [0, 0.1) is 5.92 Å². The van der Waals surface area contributed by atoms with E-state index in [9.17, 15) is 9.59 Å². The first-order chi connectivity index (χ1) is 10.9. The van der Waals surface area contributed by atoms with E-state index in [0.29, 0.717) is 5.92 Å². The summed E-state index contributed by atoms with van der Waals surface area (Å²) in [5, 5.41) is 3.05. The molecule has 3 amide bonds. The van der Waals surface area contributed by atoms with Crippen molar-refractivity contribution in [3.8, 4) is 0 Å². The van der Waals surface area contributed by atoms with E-state index in [0.717, 1.165) is 58.4 Å². The third-order valence-electron chi connectivity index (χ3n) is 5.58. The molecule has 0 atom stereocenters. The van der Waals surface area contributed by atoms with Crippen LogP contribution in [0.4, 0.5) is 4.79 Å². The van der Waals surface area contributed by atoms with Crippen molar-refractivity contribution < 1.29 is 9.59 Å². The van der Waals surface area contributed by atoms with Gasteiger partial charge in [0.15, 0.2) is 0 Å². The summed E-state index contributed by atoms with van der Waals surface area (Å²) >= 11 is 0. The number of nitrogens with zero attached hydrogens (tertiary/aromatic N) is 3. The molecule has 3 fully saturated rings. The van der Waals surface area contributed by atoms with Gasteiger partial charge in [-0.1, -0.05) is 13.8 Å². The summed E-state index contributed by atoms with van der Waals surface area (Å²) in [7, 11) is 2.09. The molecular formula is C17H30N4O2. The third-order valence-corrected chi connectivity index (χ3v) is 5.58. The molecule has 3 heterocycles. The minimum atomic E-state index is -0.631. The van der Waals surface area contributed by atoms with Crippen molar-refractivity contribution in [1.82, 2.24) is 20.0 Å². The van der Waals surface area contributed by atoms with Gasteiger partial charge in [0.25, 0.3) is 5.91 Å². The molecule has 6 heteroatoms. The van der Waals surface area contributed by atoms with Gasteiger partial charge in [-0.05, 0) is 51.7 Å². The van der Waals surface area contributed by atoms with Crippen LogP contribution in [0.25, 0.3) is 0 Å².